The Kier molecular flexibility index (Phi) is 5.35. The zero-order valence-electron chi connectivity index (χ0n) is 11.7. The summed E-state index contributed by atoms with van der Waals surface area (Å²) in [4.78, 5) is 13.2. The lowest BCUT2D eigenvalue weighted by molar-refractivity contribution is 0.0696. The predicted octanol–water partition coefficient (Wildman–Crippen LogP) is 3.25. The first-order valence-electron chi connectivity index (χ1n) is 6.42. The minimum absolute atomic E-state index is 0.359. The van der Waals surface area contributed by atoms with Crippen LogP contribution in [0, 0.1) is 5.92 Å². The van der Waals surface area contributed by atoms with Gasteiger partial charge in [0.15, 0.2) is 0 Å². The summed E-state index contributed by atoms with van der Waals surface area (Å²) in [6, 6.07) is 7.66. The monoisotopic (exact) mass is 249 g/mol. The minimum Gasteiger partial charge on any atom is -0.478 e. The van der Waals surface area contributed by atoms with Gasteiger partial charge in [-0.05, 0) is 44.0 Å². The molecular formula is C15H23NO2. The fourth-order valence-electron chi connectivity index (χ4n) is 2.11. The zero-order chi connectivity index (χ0) is 13.7. The summed E-state index contributed by atoms with van der Waals surface area (Å²) in [5.41, 5.74) is 1.41. The third-order valence-corrected chi connectivity index (χ3v) is 3.17. The zero-order valence-corrected chi connectivity index (χ0v) is 11.7. The van der Waals surface area contributed by atoms with E-state index in [1.807, 2.05) is 6.07 Å². The molecule has 0 spiro atoms. The van der Waals surface area contributed by atoms with Crippen molar-refractivity contribution in [3.8, 4) is 0 Å². The molecule has 1 aromatic carbocycles. The van der Waals surface area contributed by atoms with Crippen molar-refractivity contribution in [2.75, 3.05) is 7.05 Å². The Morgan fingerprint density at radius 3 is 2.56 bits per heavy atom. The molecule has 1 N–H and O–H groups in total. The van der Waals surface area contributed by atoms with Gasteiger partial charge >= 0.3 is 5.97 Å². The van der Waals surface area contributed by atoms with Crippen LogP contribution in [0.15, 0.2) is 24.3 Å². The number of aromatic carboxylic acids is 1. The van der Waals surface area contributed by atoms with Crippen LogP contribution in [0.25, 0.3) is 0 Å². The van der Waals surface area contributed by atoms with E-state index in [-0.39, 0.29) is 0 Å². The molecule has 0 heterocycles. The summed E-state index contributed by atoms with van der Waals surface area (Å²) < 4.78 is 0. The topological polar surface area (TPSA) is 40.5 Å². The van der Waals surface area contributed by atoms with E-state index in [1.165, 1.54) is 0 Å². The van der Waals surface area contributed by atoms with E-state index in [1.54, 1.807) is 18.2 Å². The summed E-state index contributed by atoms with van der Waals surface area (Å²) in [5, 5.41) is 8.96. The van der Waals surface area contributed by atoms with Crippen molar-refractivity contribution < 1.29 is 9.90 Å². The highest BCUT2D eigenvalue weighted by Gasteiger charge is 2.12. The molecule has 3 heteroatoms. The molecule has 18 heavy (non-hydrogen) atoms. The third-order valence-electron chi connectivity index (χ3n) is 3.17. The van der Waals surface area contributed by atoms with Crippen molar-refractivity contribution in [1.82, 2.24) is 4.90 Å². The molecule has 0 aromatic heterocycles. The fourth-order valence-corrected chi connectivity index (χ4v) is 2.11. The van der Waals surface area contributed by atoms with Gasteiger partial charge in [0.25, 0.3) is 0 Å². The molecule has 1 unspecified atom stereocenters. The Balaban J connectivity index is 2.66. The Morgan fingerprint density at radius 2 is 2.00 bits per heavy atom. The maximum absolute atomic E-state index is 10.9. The lowest BCUT2D eigenvalue weighted by atomic mass is 10.0. The van der Waals surface area contributed by atoms with Gasteiger partial charge in [-0.25, -0.2) is 4.79 Å². The Labute approximate surface area is 109 Å². The van der Waals surface area contributed by atoms with E-state index in [2.05, 4.69) is 32.7 Å². The summed E-state index contributed by atoms with van der Waals surface area (Å²) in [5.74, 6) is -0.192. The van der Waals surface area contributed by atoms with Gasteiger partial charge in [-0.1, -0.05) is 26.0 Å². The molecule has 1 aromatic rings. The van der Waals surface area contributed by atoms with Gasteiger partial charge in [-0.15, -0.1) is 0 Å². The van der Waals surface area contributed by atoms with Gasteiger partial charge < -0.3 is 5.11 Å². The van der Waals surface area contributed by atoms with Crippen LogP contribution >= 0.6 is 0 Å². The Bertz CT molecular complexity index is 401. The van der Waals surface area contributed by atoms with Gasteiger partial charge in [-0.2, -0.15) is 0 Å². The van der Waals surface area contributed by atoms with Crippen LogP contribution in [0.5, 0.6) is 0 Å². The molecule has 0 saturated carbocycles. The molecule has 0 aliphatic carbocycles. The average Bonchev–Trinajstić information content (AvgIpc) is 2.28. The highest BCUT2D eigenvalue weighted by molar-refractivity contribution is 5.87. The molecule has 100 valence electrons. The quantitative estimate of drug-likeness (QED) is 0.841. The first kappa shape index (κ1) is 14.7. The van der Waals surface area contributed by atoms with Crippen molar-refractivity contribution in [2.24, 2.45) is 5.92 Å². The van der Waals surface area contributed by atoms with E-state index in [0.717, 1.165) is 18.5 Å². The molecule has 0 bridgehead atoms. The molecule has 0 aliphatic heterocycles. The molecule has 1 atom stereocenters. The van der Waals surface area contributed by atoms with Gasteiger partial charge in [0.1, 0.15) is 0 Å². The molecule has 0 saturated heterocycles. The summed E-state index contributed by atoms with van der Waals surface area (Å²) >= 11 is 0. The van der Waals surface area contributed by atoms with E-state index in [9.17, 15) is 4.79 Å². The van der Waals surface area contributed by atoms with E-state index < -0.39 is 5.97 Å². The van der Waals surface area contributed by atoms with Crippen LogP contribution in [-0.4, -0.2) is 29.1 Å². The summed E-state index contributed by atoms with van der Waals surface area (Å²) in [7, 11) is 2.08. The standard InChI is InChI=1S/C15H23NO2/c1-11(2)8-12(3)16(4)10-13-6-5-7-14(9-13)15(17)18/h5-7,9,11-12H,8,10H2,1-4H3,(H,17,18). The molecule has 3 nitrogen and oxygen atoms in total. The van der Waals surface area contributed by atoms with Crippen molar-refractivity contribution in [3.05, 3.63) is 35.4 Å². The smallest absolute Gasteiger partial charge is 0.335 e. The second-order valence-corrected chi connectivity index (χ2v) is 5.40. The Morgan fingerprint density at radius 1 is 1.33 bits per heavy atom. The maximum Gasteiger partial charge on any atom is 0.335 e. The van der Waals surface area contributed by atoms with Crippen molar-refractivity contribution >= 4 is 5.97 Å². The molecule has 0 amide bonds. The van der Waals surface area contributed by atoms with Crippen LogP contribution in [0.2, 0.25) is 0 Å². The Hall–Kier alpha value is -1.35. The number of benzene rings is 1. The van der Waals surface area contributed by atoms with Crippen molar-refractivity contribution in [1.29, 1.82) is 0 Å². The highest BCUT2D eigenvalue weighted by atomic mass is 16.4. The van der Waals surface area contributed by atoms with Gasteiger partial charge in [0.05, 0.1) is 5.56 Å². The van der Waals surface area contributed by atoms with E-state index >= 15 is 0 Å². The van der Waals surface area contributed by atoms with Gasteiger partial charge in [-0.3, -0.25) is 4.90 Å². The maximum atomic E-state index is 10.9. The predicted molar refractivity (Wildman–Crippen MR) is 73.8 cm³/mol. The third kappa shape index (κ3) is 4.49. The van der Waals surface area contributed by atoms with Crippen molar-refractivity contribution in [3.63, 3.8) is 0 Å². The molecule has 0 radical (unpaired) electrons. The van der Waals surface area contributed by atoms with Gasteiger partial charge in [0, 0.05) is 12.6 Å². The number of hydrogen-bond acceptors (Lipinski definition) is 2. The molecule has 0 fully saturated rings. The number of rotatable bonds is 6. The normalized spacial score (nSPS) is 13.0. The minimum atomic E-state index is -0.866. The second-order valence-electron chi connectivity index (χ2n) is 5.40. The SMILES string of the molecule is CC(C)CC(C)N(C)Cc1cccc(C(=O)O)c1. The lowest BCUT2D eigenvalue weighted by Gasteiger charge is -2.26. The lowest BCUT2D eigenvalue weighted by Crippen LogP contribution is -2.29. The van der Waals surface area contributed by atoms with Crippen molar-refractivity contribution in [2.45, 2.75) is 39.8 Å². The van der Waals surface area contributed by atoms with E-state index in [0.29, 0.717) is 17.5 Å². The number of carbonyl (C=O) groups is 1. The second kappa shape index (κ2) is 6.55. The van der Waals surface area contributed by atoms with Gasteiger partial charge in [0.2, 0.25) is 0 Å². The number of nitrogens with zero attached hydrogens (tertiary/aromatic N) is 1. The average molecular weight is 249 g/mol. The van der Waals surface area contributed by atoms with Crippen LogP contribution in [-0.2, 0) is 6.54 Å². The first-order chi connectivity index (χ1) is 8.40. The largest absolute Gasteiger partial charge is 0.478 e. The fraction of sp³-hybridized carbons (Fsp3) is 0.533. The van der Waals surface area contributed by atoms with Crippen LogP contribution in [0.4, 0.5) is 0 Å². The van der Waals surface area contributed by atoms with Crippen LogP contribution < -0.4 is 0 Å². The number of carboxylic acid groups (broad SMARTS) is 1. The highest BCUT2D eigenvalue weighted by Crippen LogP contribution is 2.14. The molecule has 1 rings (SSSR count). The number of carboxylic acids is 1. The van der Waals surface area contributed by atoms with E-state index in [4.69, 9.17) is 5.11 Å². The van der Waals surface area contributed by atoms with Crippen LogP contribution in [0.3, 0.4) is 0 Å². The molecular weight excluding hydrogens is 226 g/mol. The summed E-state index contributed by atoms with van der Waals surface area (Å²) in [6.07, 6.45) is 1.15. The number of hydrogen-bond donors (Lipinski definition) is 1. The first-order valence-corrected chi connectivity index (χ1v) is 6.42. The molecule has 0 aliphatic rings. The van der Waals surface area contributed by atoms with Crippen LogP contribution in [0.1, 0.15) is 43.1 Å². The summed E-state index contributed by atoms with van der Waals surface area (Å²) in [6.45, 7) is 7.43.